The Bertz CT molecular complexity index is 1040. The van der Waals surface area contributed by atoms with Gasteiger partial charge in [-0.15, -0.1) is 0 Å². The van der Waals surface area contributed by atoms with Gasteiger partial charge >= 0.3 is 5.97 Å². The minimum Gasteiger partial charge on any atom is -0.452 e. The molecule has 0 aliphatic carbocycles. The van der Waals surface area contributed by atoms with Gasteiger partial charge in [0.05, 0.1) is 23.7 Å². The molecule has 3 N–H and O–H groups in total. The molecule has 30 heavy (non-hydrogen) atoms. The number of rotatable bonds is 6. The molecule has 0 radical (unpaired) electrons. The predicted octanol–water partition coefficient (Wildman–Crippen LogP) is 1.85. The van der Waals surface area contributed by atoms with E-state index >= 15 is 0 Å². The van der Waals surface area contributed by atoms with Crippen LogP contribution in [0.1, 0.15) is 10.4 Å². The fraction of sp³-hybridized carbons (Fsp3) is 0.263. The number of hydrogen-bond donors (Lipinski definition) is 2. The van der Waals surface area contributed by atoms with E-state index in [1.54, 1.807) is 12.1 Å². The molecule has 0 spiro atoms. The van der Waals surface area contributed by atoms with Crippen molar-refractivity contribution < 1.29 is 27.5 Å². The zero-order valence-electron chi connectivity index (χ0n) is 15.8. The highest BCUT2D eigenvalue weighted by Crippen LogP contribution is 2.20. The molecule has 1 aliphatic heterocycles. The molecule has 0 bridgehead atoms. The highest BCUT2D eigenvalue weighted by atomic mass is 79.9. The van der Waals surface area contributed by atoms with Crippen LogP contribution in [0, 0.1) is 0 Å². The second-order valence-electron chi connectivity index (χ2n) is 6.40. The zero-order chi connectivity index (χ0) is 21.7. The molecule has 1 amide bonds. The van der Waals surface area contributed by atoms with Crippen molar-refractivity contribution in [2.45, 2.75) is 4.90 Å². The lowest BCUT2D eigenvalue weighted by Gasteiger charge is -2.26. The van der Waals surface area contributed by atoms with E-state index in [1.807, 2.05) is 0 Å². The lowest BCUT2D eigenvalue weighted by atomic mass is 10.2. The summed E-state index contributed by atoms with van der Waals surface area (Å²) in [5.41, 5.74) is 6.50. The number of esters is 1. The monoisotopic (exact) mass is 497 g/mol. The van der Waals surface area contributed by atoms with E-state index in [4.69, 9.17) is 15.2 Å². The van der Waals surface area contributed by atoms with Crippen LogP contribution >= 0.6 is 15.9 Å². The molecular formula is C19H20BrN3O6S. The predicted molar refractivity (Wildman–Crippen MR) is 113 cm³/mol. The molecule has 1 fully saturated rings. The normalized spacial score (nSPS) is 14.8. The number of carbonyl (C=O) groups is 2. The van der Waals surface area contributed by atoms with Gasteiger partial charge in [-0.05, 0) is 42.5 Å². The van der Waals surface area contributed by atoms with Crippen LogP contribution in [0.25, 0.3) is 0 Å². The summed E-state index contributed by atoms with van der Waals surface area (Å²) in [6.07, 6.45) is 0. The minimum atomic E-state index is -3.61. The van der Waals surface area contributed by atoms with Crippen molar-refractivity contribution in [3.05, 3.63) is 52.5 Å². The summed E-state index contributed by atoms with van der Waals surface area (Å²) in [5, 5.41) is 2.55. The highest BCUT2D eigenvalue weighted by molar-refractivity contribution is 9.10. The maximum Gasteiger partial charge on any atom is 0.340 e. The maximum absolute atomic E-state index is 12.6. The van der Waals surface area contributed by atoms with Crippen molar-refractivity contribution in [2.75, 3.05) is 44.0 Å². The molecule has 2 aromatic rings. The highest BCUT2D eigenvalue weighted by Gasteiger charge is 2.26. The number of ether oxygens (including phenoxy) is 2. The summed E-state index contributed by atoms with van der Waals surface area (Å²) >= 11 is 3.24. The van der Waals surface area contributed by atoms with Crippen molar-refractivity contribution in [1.29, 1.82) is 0 Å². The first-order chi connectivity index (χ1) is 14.3. The number of nitrogen functional groups attached to an aromatic ring is 1. The zero-order valence-corrected chi connectivity index (χ0v) is 18.2. The van der Waals surface area contributed by atoms with Crippen molar-refractivity contribution in [3.63, 3.8) is 0 Å². The van der Waals surface area contributed by atoms with Gasteiger partial charge in [0.25, 0.3) is 5.91 Å². The molecule has 3 rings (SSSR count). The molecule has 0 atom stereocenters. The molecule has 0 aromatic heterocycles. The Labute approximate surface area is 182 Å². The van der Waals surface area contributed by atoms with Crippen LogP contribution in [-0.4, -0.2) is 57.5 Å². The Morgan fingerprint density at radius 2 is 1.80 bits per heavy atom. The summed E-state index contributed by atoms with van der Waals surface area (Å²) in [7, 11) is -3.61. The average molecular weight is 498 g/mol. The third kappa shape index (κ3) is 5.36. The summed E-state index contributed by atoms with van der Waals surface area (Å²) < 4.78 is 37.4. The van der Waals surface area contributed by atoms with Gasteiger partial charge in [0.2, 0.25) is 10.0 Å². The van der Waals surface area contributed by atoms with E-state index < -0.39 is 28.5 Å². The van der Waals surface area contributed by atoms with Crippen molar-refractivity contribution in [3.8, 4) is 0 Å². The van der Waals surface area contributed by atoms with Crippen molar-refractivity contribution in [1.82, 2.24) is 4.31 Å². The van der Waals surface area contributed by atoms with Gasteiger partial charge in [-0.2, -0.15) is 4.31 Å². The molecule has 9 nitrogen and oxygen atoms in total. The smallest absolute Gasteiger partial charge is 0.340 e. The Balaban J connectivity index is 1.57. The number of nitrogens with one attached hydrogen (secondary N) is 1. The van der Waals surface area contributed by atoms with Crippen molar-refractivity contribution in [2.24, 2.45) is 0 Å². The number of nitrogens with zero attached hydrogens (tertiary/aromatic N) is 1. The first-order valence-electron chi connectivity index (χ1n) is 8.97. The van der Waals surface area contributed by atoms with E-state index in [0.717, 1.165) is 0 Å². The largest absolute Gasteiger partial charge is 0.452 e. The van der Waals surface area contributed by atoms with E-state index in [2.05, 4.69) is 21.2 Å². The second-order valence-corrected chi connectivity index (χ2v) is 9.25. The van der Waals surface area contributed by atoms with Gasteiger partial charge in [0.15, 0.2) is 6.61 Å². The van der Waals surface area contributed by atoms with Gasteiger partial charge in [-0.25, -0.2) is 13.2 Å². The Morgan fingerprint density at radius 1 is 1.13 bits per heavy atom. The number of sulfonamides is 1. The molecule has 0 saturated carbocycles. The average Bonchev–Trinajstić information content (AvgIpc) is 2.75. The van der Waals surface area contributed by atoms with E-state index in [-0.39, 0.29) is 16.1 Å². The minimum absolute atomic E-state index is 0.124. The quantitative estimate of drug-likeness (QED) is 0.460. The fourth-order valence-corrected chi connectivity index (χ4v) is 4.53. The lowest BCUT2D eigenvalue weighted by Crippen LogP contribution is -2.40. The van der Waals surface area contributed by atoms with E-state index in [9.17, 15) is 18.0 Å². The molecule has 1 heterocycles. The summed E-state index contributed by atoms with van der Waals surface area (Å²) in [6.45, 7) is 0.803. The first kappa shape index (κ1) is 22.2. The molecule has 2 aromatic carbocycles. The molecule has 11 heteroatoms. The van der Waals surface area contributed by atoms with Crippen LogP contribution in [0.15, 0.2) is 51.8 Å². The second kappa shape index (κ2) is 9.56. The number of benzene rings is 2. The van der Waals surface area contributed by atoms with Gasteiger partial charge < -0.3 is 20.5 Å². The van der Waals surface area contributed by atoms with Crippen molar-refractivity contribution >= 4 is 49.2 Å². The molecule has 1 aliphatic rings. The summed E-state index contributed by atoms with van der Waals surface area (Å²) in [6, 6.07) is 10.5. The Hall–Kier alpha value is -2.47. The van der Waals surface area contributed by atoms with Gasteiger partial charge in [0.1, 0.15) is 0 Å². The third-order valence-corrected chi connectivity index (χ3v) is 6.72. The maximum atomic E-state index is 12.6. The van der Waals surface area contributed by atoms with Gasteiger partial charge in [0, 0.05) is 28.9 Å². The number of morpholine rings is 1. The van der Waals surface area contributed by atoms with Crippen LogP contribution in [0.3, 0.4) is 0 Å². The molecular weight excluding hydrogens is 478 g/mol. The summed E-state index contributed by atoms with van der Waals surface area (Å²) in [4.78, 5) is 24.3. The van der Waals surface area contributed by atoms with Crippen LogP contribution in [0.2, 0.25) is 0 Å². The third-order valence-electron chi connectivity index (χ3n) is 4.32. The van der Waals surface area contributed by atoms with Gasteiger partial charge in [-0.1, -0.05) is 15.9 Å². The standard InChI is InChI=1S/C19H20BrN3O6S/c20-13-1-6-17(21)16(11-13)19(25)29-12-18(24)22-14-2-4-15(5-3-14)30(26,27)23-7-9-28-10-8-23/h1-6,11H,7-10,12,21H2,(H,22,24). The number of carbonyl (C=O) groups excluding carboxylic acids is 2. The summed E-state index contributed by atoms with van der Waals surface area (Å²) in [5.74, 6) is -1.29. The van der Waals surface area contributed by atoms with Crippen LogP contribution in [0.5, 0.6) is 0 Å². The van der Waals surface area contributed by atoms with Crippen LogP contribution in [-0.2, 0) is 24.3 Å². The Morgan fingerprint density at radius 3 is 2.47 bits per heavy atom. The molecule has 0 unspecified atom stereocenters. The van der Waals surface area contributed by atoms with E-state index in [1.165, 1.54) is 34.6 Å². The number of amides is 1. The molecule has 160 valence electrons. The molecule has 1 saturated heterocycles. The number of hydrogen-bond acceptors (Lipinski definition) is 7. The van der Waals surface area contributed by atoms with Crippen LogP contribution in [0.4, 0.5) is 11.4 Å². The van der Waals surface area contributed by atoms with Gasteiger partial charge in [-0.3, -0.25) is 4.79 Å². The first-order valence-corrected chi connectivity index (χ1v) is 11.2. The Kier molecular flexibility index (Phi) is 7.08. The topological polar surface area (TPSA) is 128 Å². The number of anilines is 2. The SMILES string of the molecule is Nc1ccc(Br)cc1C(=O)OCC(=O)Nc1ccc(S(=O)(=O)N2CCOCC2)cc1. The lowest BCUT2D eigenvalue weighted by molar-refractivity contribution is -0.119. The van der Waals surface area contributed by atoms with Crippen LogP contribution < -0.4 is 11.1 Å². The number of halogens is 1. The fourth-order valence-electron chi connectivity index (χ4n) is 2.76. The van der Waals surface area contributed by atoms with E-state index in [0.29, 0.717) is 36.5 Å². The number of nitrogens with two attached hydrogens (primary N) is 1.